The summed E-state index contributed by atoms with van der Waals surface area (Å²) in [5.41, 5.74) is 1.17. The molecule has 0 N–H and O–H groups in total. The fourth-order valence-electron chi connectivity index (χ4n) is 1.06. The summed E-state index contributed by atoms with van der Waals surface area (Å²) in [5, 5.41) is 0. The van der Waals surface area contributed by atoms with E-state index in [9.17, 15) is 0 Å². The zero-order chi connectivity index (χ0) is 6.81. The Bertz CT molecular complexity index is 268. The topological polar surface area (TPSA) is 9.23 Å². The van der Waals surface area contributed by atoms with Crippen LogP contribution in [-0.2, 0) is 0 Å². The molecule has 52 valence electrons. The second kappa shape index (κ2) is 3.96. The number of rotatable bonds is 0. The molecule has 1 aromatic carbocycles. The van der Waals surface area contributed by atoms with Crippen molar-refractivity contribution in [2.24, 2.45) is 0 Å². The van der Waals surface area contributed by atoms with Gasteiger partial charge in [0.25, 0.3) is 0 Å². The van der Waals surface area contributed by atoms with E-state index in [1.54, 1.807) is 0 Å². The van der Waals surface area contributed by atoms with Crippen LogP contribution in [0.25, 0.3) is 6.08 Å². The summed E-state index contributed by atoms with van der Waals surface area (Å²) in [7, 11) is 0. The van der Waals surface area contributed by atoms with Gasteiger partial charge >= 0.3 is 29.6 Å². The van der Waals surface area contributed by atoms with Crippen molar-refractivity contribution in [3.63, 3.8) is 0 Å². The van der Waals surface area contributed by atoms with E-state index >= 15 is 0 Å². The van der Waals surface area contributed by atoms with Crippen molar-refractivity contribution in [2.75, 3.05) is 6.61 Å². The second-order valence-electron chi connectivity index (χ2n) is 2.25. The van der Waals surface area contributed by atoms with Gasteiger partial charge in [0.15, 0.2) is 0 Å². The third kappa shape index (κ3) is 1.86. The molecule has 0 spiro atoms. The van der Waals surface area contributed by atoms with Crippen molar-refractivity contribution in [3.8, 4) is 5.75 Å². The molecule has 1 nitrogen and oxygen atoms in total. The molecule has 0 saturated heterocycles. The third-order valence-corrected chi connectivity index (χ3v) is 1.55. The van der Waals surface area contributed by atoms with Crippen molar-refractivity contribution in [2.45, 2.75) is 0 Å². The summed E-state index contributed by atoms with van der Waals surface area (Å²) in [6, 6.07) is 8.03. The van der Waals surface area contributed by atoms with Gasteiger partial charge in [-0.05, 0) is 12.1 Å². The first-order valence-electron chi connectivity index (χ1n) is 3.35. The van der Waals surface area contributed by atoms with Gasteiger partial charge in [0.05, 0.1) is 0 Å². The molecule has 0 radical (unpaired) electrons. The molecule has 1 aromatic rings. The molecule has 11 heavy (non-hydrogen) atoms. The molecule has 1 aliphatic rings. The molecule has 2 rings (SSSR count). The number of para-hydroxylation sites is 1. The fraction of sp³-hybridized carbons (Fsp3) is 0.111. The molecular weight excluding hydrogens is 147 g/mol. The quantitative estimate of drug-likeness (QED) is 0.516. The van der Waals surface area contributed by atoms with Crippen LogP contribution in [0.4, 0.5) is 0 Å². The van der Waals surface area contributed by atoms with Crippen molar-refractivity contribution in [3.05, 3.63) is 35.9 Å². The van der Waals surface area contributed by atoms with E-state index in [1.807, 2.05) is 30.3 Å². The van der Waals surface area contributed by atoms with Crippen LogP contribution in [0.3, 0.4) is 0 Å². The van der Waals surface area contributed by atoms with E-state index in [-0.39, 0.29) is 29.6 Å². The summed E-state index contributed by atoms with van der Waals surface area (Å²) < 4.78 is 5.34. The van der Waals surface area contributed by atoms with Crippen LogP contribution >= 0.6 is 0 Å². The molecule has 2 heteroatoms. The minimum atomic E-state index is 0. The molecule has 0 aromatic heterocycles. The maximum atomic E-state index is 5.34. The van der Waals surface area contributed by atoms with Crippen molar-refractivity contribution < 1.29 is 4.74 Å². The number of benzene rings is 1. The Balaban J connectivity index is 0.000000605. The van der Waals surface area contributed by atoms with E-state index in [4.69, 9.17) is 4.74 Å². The van der Waals surface area contributed by atoms with Gasteiger partial charge in [-0.2, -0.15) is 0 Å². The molecule has 0 amide bonds. The predicted molar refractivity (Wildman–Crippen MR) is 48.1 cm³/mol. The van der Waals surface area contributed by atoms with E-state index < -0.39 is 0 Å². The van der Waals surface area contributed by atoms with Crippen LogP contribution in [0, 0.1) is 0 Å². The summed E-state index contributed by atoms with van der Waals surface area (Å²) >= 11 is 0. The average molecular weight is 156 g/mol. The van der Waals surface area contributed by atoms with E-state index in [0.717, 1.165) is 5.75 Å². The van der Waals surface area contributed by atoms with Crippen LogP contribution in [-0.4, -0.2) is 36.2 Å². The molecule has 0 unspecified atom stereocenters. The van der Waals surface area contributed by atoms with Crippen LogP contribution in [0.1, 0.15) is 5.56 Å². The minimum absolute atomic E-state index is 0. The molecule has 0 atom stereocenters. The van der Waals surface area contributed by atoms with E-state index in [2.05, 4.69) is 6.08 Å². The molecule has 0 fully saturated rings. The van der Waals surface area contributed by atoms with Gasteiger partial charge in [-0.1, -0.05) is 24.3 Å². The van der Waals surface area contributed by atoms with Crippen LogP contribution in [0.15, 0.2) is 30.3 Å². The molecule has 1 aliphatic heterocycles. The van der Waals surface area contributed by atoms with E-state index in [1.165, 1.54) is 5.56 Å². The average Bonchev–Trinajstić information content (AvgIpc) is 2.05. The van der Waals surface area contributed by atoms with Crippen LogP contribution in [0.5, 0.6) is 5.75 Å². The van der Waals surface area contributed by atoms with Gasteiger partial charge in [-0.15, -0.1) is 0 Å². The second-order valence-corrected chi connectivity index (χ2v) is 2.25. The third-order valence-electron chi connectivity index (χ3n) is 1.55. The zero-order valence-corrected chi connectivity index (χ0v) is 5.58. The Morgan fingerprint density at radius 2 is 2.00 bits per heavy atom. The van der Waals surface area contributed by atoms with Gasteiger partial charge in [0.1, 0.15) is 12.4 Å². The van der Waals surface area contributed by atoms with Crippen molar-refractivity contribution in [1.29, 1.82) is 0 Å². The number of hydrogen-bond donors (Lipinski definition) is 0. The number of hydrogen-bond acceptors (Lipinski definition) is 1. The Morgan fingerprint density at radius 1 is 1.18 bits per heavy atom. The zero-order valence-electron chi connectivity index (χ0n) is 5.58. The fourth-order valence-corrected chi connectivity index (χ4v) is 1.06. The monoisotopic (exact) mass is 156 g/mol. The molecule has 0 aliphatic carbocycles. The molecule has 1 heterocycles. The summed E-state index contributed by atoms with van der Waals surface area (Å²) in [4.78, 5) is 0. The number of ether oxygens (including phenoxy) is 1. The standard InChI is InChI=1S/C9H8O.Na.H/c1-2-6-9-8(4-1)5-3-7-10-9;;/h1-6H,7H2;;. The Hall–Kier alpha value is -0.240. The Labute approximate surface area is 88.4 Å². The van der Waals surface area contributed by atoms with Crippen molar-refractivity contribution in [1.82, 2.24) is 0 Å². The first kappa shape index (κ1) is 8.85. The Morgan fingerprint density at radius 3 is 2.82 bits per heavy atom. The number of fused-ring (bicyclic) bond motifs is 1. The Kier molecular flexibility index (Phi) is 3.18. The SMILES string of the molecule is C1=Cc2ccccc2OC1.[NaH]. The van der Waals surface area contributed by atoms with Crippen LogP contribution in [0.2, 0.25) is 0 Å². The van der Waals surface area contributed by atoms with Gasteiger partial charge in [-0.3, -0.25) is 0 Å². The van der Waals surface area contributed by atoms with Gasteiger partial charge in [0.2, 0.25) is 0 Å². The van der Waals surface area contributed by atoms with Gasteiger partial charge < -0.3 is 4.74 Å². The van der Waals surface area contributed by atoms with Gasteiger partial charge in [0, 0.05) is 5.56 Å². The normalized spacial score (nSPS) is 12.7. The molecule has 0 bridgehead atoms. The first-order valence-corrected chi connectivity index (χ1v) is 3.35. The first-order chi connectivity index (χ1) is 4.97. The summed E-state index contributed by atoms with van der Waals surface area (Å²) in [5.74, 6) is 0.991. The van der Waals surface area contributed by atoms with Crippen molar-refractivity contribution >= 4 is 35.6 Å². The van der Waals surface area contributed by atoms with E-state index in [0.29, 0.717) is 6.61 Å². The van der Waals surface area contributed by atoms with Crippen LogP contribution < -0.4 is 4.74 Å². The molecular formula is C9H9NaO. The van der Waals surface area contributed by atoms with Gasteiger partial charge in [-0.25, -0.2) is 0 Å². The summed E-state index contributed by atoms with van der Waals surface area (Å²) in [6.45, 7) is 0.705. The molecule has 0 saturated carbocycles. The predicted octanol–water partition coefficient (Wildman–Crippen LogP) is 1.44. The maximum absolute atomic E-state index is 5.34. The summed E-state index contributed by atoms with van der Waals surface area (Å²) in [6.07, 6.45) is 4.10.